The zero-order valence-electron chi connectivity index (χ0n) is 11.1. The van der Waals surface area contributed by atoms with E-state index < -0.39 is 0 Å². The Morgan fingerprint density at radius 3 is 1.76 bits per heavy atom. The summed E-state index contributed by atoms with van der Waals surface area (Å²) in [7, 11) is 0. The van der Waals surface area contributed by atoms with Crippen molar-refractivity contribution in [3.8, 4) is 11.5 Å². The second kappa shape index (κ2) is 7.42. The van der Waals surface area contributed by atoms with Crippen LogP contribution in [0.1, 0.15) is 11.1 Å². The third-order valence-electron chi connectivity index (χ3n) is 2.80. The molecule has 2 rings (SSSR count). The summed E-state index contributed by atoms with van der Waals surface area (Å²) in [6.07, 6.45) is 3.00. The molecule has 0 fully saturated rings. The smallest absolute Gasteiger partial charge is 0.122 e. The summed E-state index contributed by atoms with van der Waals surface area (Å²) in [5.74, 6) is 0.193. The molecule has 1 radical (unpaired) electrons. The Balaban J connectivity index is 0.00000220. The molecule has 2 aromatic carbocycles. The molecule has 0 heterocycles. The molecule has 0 aromatic heterocycles. The number of phenols is 2. The van der Waals surface area contributed by atoms with Gasteiger partial charge in [0.2, 0.25) is 0 Å². The second-order valence-electron chi connectivity index (χ2n) is 4.28. The van der Waals surface area contributed by atoms with Gasteiger partial charge in [-0.05, 0) is 18.2 Å². The molecule has 0 bridgehead atoms. The van der Waals surface area contributed by atoms with Gasteiger partial charge < -0.3 is 21.7 Å². The van der Waals surface area contributed by atoms with Crippen LogP contribution in [-0.2, 0) is 16.8 Å². The van der Waals surface area contributed by atoms with Crippen LogP contribution in [0.4, 0.5) is 0 Å². The van der Waals surface area contributed by atoms with Crippen molar-refractivity contribution in [1.29, 1.82) is 0 Å². The van der Waals surface area contributed by atoms with Crippen molar-refractivity contribution in [3.05, 3.63) is 76.8 Å². The van der Waals surface area contributed by atoms with E-state index in [2.05, 4.69) is 0 Å². The topological polar surface area (TPSA) is 90.3 Å². The number of hydrogen-bond donors (Lipinski definition) is 3. The molecule has 0 unspecified atom stereocenters. The fraction of sp³-hybridized carbons (Fsp3) is 0. The molecular formula is C16H15CoN2O2-. The number of rotatable bonds is 3. The summed E-state index contributed by atoms with van der Waals surface area (Å²) < 4.78 is 0. The molecule has 4 nitrogen and oxygen atoms in total. The quantitative estimate of drug-likeness (QED) is 0.754. The van der Waals surface area contributed by atoms with Crippen LogP contribution in [0.15, 0.2) is 59.9 Å². The van der Waals surface area contributed by atoms with Crippen LogP contribution in [0.3, 0.4) is 0 Å². The van der Waals surface area contributed by atoms with Crippen LogP contribution >= 0.6 is 0 Å². The molecule has 2 aromatic rings. The van der Waals surface area contributed by atoms with Crippen molar-refractivity contribution in [2.45, 2.75) is 0 Å². The average Bonchev–Trinajstić information content (AvgIpc) is 2.43. The summed E-state index contributed by atoms with van der Waals surface area (Å²) in [6.45, 7) is 0. The maximum absolute atomic E-state index is 9.65. The normalized spacial score (nSPS) is 11.8. The Morgan fingerprint density at radius 1 is 0.857 bits per heavy atom. The maximum Gasteiger partial charge on any atom is 0.122 e. The van der Waals surface area contributed by atoms with Crippen LogP contribution in [0, 0.1) is 0 Å². The zero-order chi connectivity index (χ0) is 14.5. The number of aromatic hydroxyl groups is 2. The second-order valence-corrected chi connectivity index (χ2v) is 4.28. The molecule has 0 aliphatic heterocycles. The standard InChI is InChI=1S/C16H15N2O2.Co/c17-13(9-11-5-1-3-7-15(11)19)14(18)10-12-6-2-4-8-16(12)20;/h1-10,17,19-20H,18H2;/q-1;. The van der Waals surface area contributed by atoms with E-state index >= 15 is 0 Å². The molecule has 0 spiro atoms. The Bertz CT molecular complexity index is 622. The minimum absolute atomic E-state index is 0. The minimum Gasteiger partial charge on any atom is -0.697 e. The van der Waals surface area contributed by atoms with Crippen molar-refractivity contribution < 1.29 is 27.0 Å². The van der Waals surface area contributed by atoms with Crippen molar-refractivity contribution in [2.24, 2.45) is 5.73 Å². The van der Waals surface area contributed by atoms with E-state index in [0.717, 1.165) is 0 Å². The summed E-state index contributed by atoms with van der Waals surface area (Å²) in [6, 6.07) is 13.4. The summed E-state index contributed by atoms with van der Waals surface area (Å²) >= 11 is 0. The predicted molar refractivity (Wildman–Crippen MR) is 80.7 cm³/mol. The van der Waals surface area contributed by atoms with Crippen molar-refractivity contribution in [2.75, 3.05) is 0 Å². The first-order valence-corrected chi connectivity index (χ1v) is 6.05. The number of nitrogens with two attached hydrogens (primary N) is 1. The SMILES string of the molecule is [Co].[NH-]C(=Cc1ccccc1O)C(N)=Cc1ccccc1O. The van der Waals surface area contributed by atoms with Gasteiger partial charge in [0.1, 0.15) is 11.5 Å². The molecule has 0 aliphatic carbocycles. The van der Waals surface area contributed by atoms with E-state index in [4.69, 9.17) is 11.5 Å². The third kappa shape index (κ3) is 4.30. The predicted octanol–water partition coefficient (Wildman–Crippen LogP) is 3.49. The van der Waals surface area contributed by atoms with Crippen molar-refractivity contribution in [3.63, 3.8) is 0 Å². The van der Waals surface area contributed by atoms with Crippen LogP contribution in [0.25, 0.3) is 17.9 Å². The van der Waals surface area contributed by atoms with E-state index in [1.165, 1.54) is 12.2 Å². The summed E-state index contributed by atoms with van der Waals surface area (Å²) in [5, 5.41) is 19.3. The summed E-state index contributed by atoms with van der Waals surface area (Å²) in [5.41, 5.74) is 15.1. The number of phenolic OH excluding ortho intramolecular Hbond substituents is 2. The third-order valence-corrected chi connectivity index (χ3v) is 2.80. The van der Waals surface area contributed by atoms with Gasteiger partial charge in [-0.3, -0.25) is 0 Å². The number of benzene rings is 2. The van der Waals surface area contributed by atoms with Crippen molar-refractivity contribution in [1.82, 2.24) is 0 Å². The van der Waals surface area contributed by atoms with Crippen LogP contribution in [0.2, 0.25) is 0 Å². The Kier molecular flexibility index (Phi) is 5.89. The van der Waals surface area contributed by atoms with Crippen LogP contribution in [0.5, 0.6) is 11.5 Å². The zero-order valence-corrected chi connectivity index (χ0v) is 12.1. The largest absolute Gasteiger partial charge is 0.697 e. The monoisotopic (exact) mass is 326 g/mol. The van der Waals surface area contributed by atoms with Gasteiger partial charge in [-0.2, -0.15) is 0 Å². The molecule has 5 N–H and O–H groups in total. The number of hydrogen-bond acceptors (Lipinski definition) is 3. The van der Waals surface area contributed by atoms with Crippen LogP contribution in [-0.4, -0.2) is 10.2 Å². The van der Waals surface area contributed by atoms with Crippen LogP contribution < -0.4 is 5.73 Å². The van der Waals surface area contributed by atoms with Gasteiger partial charge in [-0.15, -0.1) is 5.70 Å². The van der Waals surface area contributed by atoms with Gasteiger partial charge in [0.05, 0.1) is 0 Å². The number of nitrogens with one attached hydrogen (secondary N) is 1. The molecule has 21 heavy (non-hydrogen) atoms. The summed E-state index contributed by atoms with van der Waals surface area (Å²) in [4.78, 5) is 0. The van der Waals surface area contributed by atoms with E-state index in [1.807, 2.05) is 0 Å². The fourth-order valence-corrected chi connectivity index (χ4v) is 1.70. The first-order valence-electron chi connectivity index (χ1n) is 6.05. The average molecular weight is 326 g/mol. The van der Waals surface area contributed by atoms with Gasteiger partial charge in [-0.25, -0.2) is 0 Å². The first kappa shape index (κ1) is 16.7. The van der Waals surface area contributed by atoms with E-state index in [-0.39, 0.29) is 39.7 Å². The minimum atomic E-state index is 0. The number of para-hydroxylation sites is 2. The Labute approximate surface area is 133 Å². The molecule has 5 heteroatoms. The fourth-order valence-electron chi connectivity index (χ4n) is 1.70. The molecule has 0 aliphatic rings. The van der Waals surface area contributed by atoms with Gasteiger partial charge >= 0.3 is 0 Å². The molecule has 0 atom stereocenters. The molecule has 0 saturated heterocycles. The first-order chi connectivity index (χ1) is 9.58. The maximum atomic E-state index is 9.65. The van der Waals surface area contributed by atoms with Gasteiger partial charge in [0, 0.05) is 33.6 Å². The van der Waals surface area contributed by atoms with E-state index in [9.17, 15) is 10.2 Å². The van der Waals surface area contributed by atoms with Crippen molar-refractivity contribution >= 4 is 12.2 Å². The molecule has 0 saturated carbocycles. The van der Waals surface area contributed by atoms with Gasteiger partial charge in [0.15, 0.2) is 0 Å². The van der Waals surface area contributed by atoms with E-state index in [0.29, 0.717) is 11.1 Å². The van der Waals surface area contributed by atoms with Gasteiger partial charge in [-0.1, -0.05) is 42.5 Å². The molecule has 111 valence electrons. The molecular weight excluding hydrogens is 311 g/mol. The molecule has 0 amide bonds. The Hall–Kier alpha value is -2.37. The Morgan fingerprint density at radius 2 is 1.29 bits per heavy atom. The van der Waals surface area contributed by atoms with Gasteiger partial charge in [0.25, 0.3) is 0 Å². The van der Waals surface area contributed by atoms with E-state index in [1.54, 1.807) is 48.5 Å².